The fourth-order valence-electron chi connectivity index (χ4n) is 5.00. The van der Waals surface area contributed by atoms with Crippen molar-refractivity contribution in [1.29, 1.82) is 0 Å². The molecule has 0 aliphatic carbocycles. The largest absolute Gasteiger partial charge is 0.478 e. The Kier molecular flexibility index (Phi) is 7.93. The summed E-state index contributed by atoms with van der Waals surface area (Å²) in [5.74, 6) is -2.74. The van der Waals surface area contributed by atoms with Crippen molar-refractivity contribution in [2.75, 3.05) is 0 Å². The summed E-state index contributed by atoms with van der Waals surface area (Å²) in [6.45, 7) is 7.49. The van der Waals surface area contributed by atoms with Gasteiger partial charge >= 0.3 is 17.9 Å². The van der Waals surface area contributed by atoms with Gasteiger partial charge in [-0.2, -0.15) is 0 Å². The third-order valence-electron chi connectivity index (χ3n) is 6.93. The maximum Gasteiger partial charge on any atom is 0.346 e. The summed E-state index contributed by atoms with van der Waals surface area (Å²) in [5.41, 5.74) is 6.66. The first kappa shape index (κ1) is 27.3. The summed E-state index contributed by atoms with van der Waals surface area (Å²) < 4.78 is 10.7. The molecule has 3 aromatic heterocycles. The lowest BCUT2D eigenvalue weighted by atomic mass is 9.87. The number of rotatable bonds is 12. The van der Waals surface area contributed by atoms with Crippen molar-refractivity contribution in [3.8, 4) is 0 Å². The van der Waals surface area contributed by atoms with E-state index in [-0.39, 0.29) is 19.6 Å². The van der Waals surface area contributed by atoms with Crippen LogP contribution in [0.3, 0.4) is 0 Å². The van der Waals surface area contributed by atoms with Crippen LogP contribution < -0.4 is 13.7 Å². The van der Waals surface area contributed by atoms with E-state index in [1.54, 1.807) is 51.3 Å². The minimum atomic E-state index is -0.913. The molecule has 3 N–H and O–H groups in total. The number of aromatic nitrogens is 6. The molecule has 4 aromatic rings. The van der Waals surface area contributed by atoms with Gasteiger partial charge < -0.3 is 15.3 Å². The van der Waals surface area contributed by atoms with Crippen LogP contribution in [0.15, 0.2) is 56.2 Å². The maximum atomic E-state index is 11.1. The molecule has 0 saturated carbocycles. The molecule has 12 nitrogen and oxygen atoms in total. The van der Waals surface area contributed by atoms with Gasteiger partial charge in [-0.05, 0) is 37.5 Å². The van der Waals surface area contributed by atoms with Crippen molar-refractivity contribution < 1.29 is 43.4 Å². The zero-order valence-corrected chi connectivity index (χ0v) is 22.2. The van der Waals surface area contributed by atoms with E-state index in [1.807, 2.05) is 32.3 Å². The number of imidazole rings is 3. The Labute approximate surface area is 224 Å². The molecule has 204 valence electrons. The summed E-state index contributed by atoms with van der Waals surface area (Å²) >= 11 is 0. The van der Waals surface area contributed by atoms with E-state index in [4.69, 9.17) is 15.3 Å². The number of aliphatic carboxylic acids is 3. The third kappa shape index (κ3) is 6.58. The van der Waals surface area contributed by atoms with Gasteiger partial charge in [0.15, 0.2) is 19.6 Å². The van der Waals surface area contributed by atoms with Crippen molar-refractivity contribution >= 4 is 17.9 Å². The average molecular weight is 538 g/mol. The number of nitrogens with zero attached hydrogens (tertiary/aromatic N) is 6. The number of carboxylic acids is 3. The van der Waals surface area contributed by atoms with Crippen LogP contribution in [-0.4, -0.2) is 46.9 Å². The lowest BCUT2D eigenvalue weighted by Crippen LogP contribution is -2.37. The number of benzene rings is 1. The Morgan fingerprint density at radius 2 is 0.821 bits per heavy atom. The van der Waals surface area contributed by atoms with Crippen LogP contribution in [0.1, 0.15) is 33.4 Å². The first-order chi connectivity index (χ1) is 18.5. The lowest BCUT2D eigenvalue weighted by Gasteiger charge is -2.20. The van der Waals surface area contributed by atoms with Crippen molar-refractivity contribution in [1.82, 2.24) is 13.7 Å². The van der Waals surface area contributed by atoms with Gasteiger partial charge in [-0.25, -0.2) is 41.8 Å². The maximum absolute atomic E-state index is 11.1. The molecule has 3 heterocycles. The number of carboxylic acid groups (broad SMARTS) is 3. The van der Waals surface area contributed by atoms with Crippen molar-refractivity contribution in [2.45, 2.75) is 60.0 Å². The van der Waals surface area contributed by atoms with Gasteiger partial charge in [0, 0.05) is 16.7 Å². The summed E-state index contributed by atoms with van der Waals surface area (Å²) in [6.07, 6.45) is 16.1. The highest BCUT2D eigenvalue weighted by molar-refractivity contribution is 5.67. The van der Waals surface area contributed by atoms with Gasteiger partial charge in [-0.15, -0.1) is 0 Å². The molecular weight excluding hydrogens is 504 g/mol. The van der Waals surface area contributed by atoms with Crippen molar-refractivity contribution in [3.05, 3.63) is 89.5 Å². The first-order valence-electron chi connectivity index (χ1n) is 12.4. The Morgan fingerprint density at radius 3 is 1.05 bits per heavy atom. The van der Waals surface area contributed by atoms with Crippen LogP contribution in [0.4, 0.5) is 0 Å². The predicted molar refractivity (Wildman–Crippen MR) is 135 cm³/mol. The molecule has 0 unspecified atom stereocenters. The molecule has 0 atom stereocenters. The molecule has 0 aliphatic rings. The second kappa shape index (κ2) is 11.3. The Morgan fingerprint density at radius 1 is 0.564 bits per heavy atom. The molecule has 1 aromatic carbocycles. The van der Waals surface area contributed by atoms with E-state index in [0.717, 1.165) is 33.4 Å². The van der Waals surface area contributed by atoms with Gasteiger partial charge in [0.25, 0.3) is 0 Å². The van der Waals surface area contributed by atoms with E-state index in [1.165, 1.54) is 0 Å². The smallest absolute Gasteiger partial charge is 0.346 e. The van der Waals surface area contributed by atoms with Crippen molar-refractivity contribution in [2.24, 2.45) is 0 Å². The minimum absolute atomic E-state index is 0.122. The van der Waals surface area contributed by atoms with Gasteiger partial charge in [0.05, 0.1) is 0 Å². The molecule has 39 heavy (non-hydrogen) atoms. The highest BCUT2D eigenvalue weighted by atomic mass is 16.4. The second-order valence-electron chi connectivity index (χ2n) is 9.77. The van der Waals surface area contributed by atoms with E-state index < -0.39 is 17.9 Å². The summed E-state index contributed by atoms with van der Waals surface area (Å²) in [6, 6.07) is 0. The molecule has 4 rings (SSSR count). The van der Waals surface area contributed by atoms with Crippen LogP contribution in [-0.2, 0) is 53.7 Å². The zero-order chi connectivity index (χ0) is 28.3. The molecular formula is C27H33N6O6+3. The van der Waals surface area contributed by atoms with Crippen LogP contribution in [0.2, 0.25) is 0 Å². The van der Waals surface area contributed by atoms with Crippen LogP contribution in [0.25, 0.3) is 0 Å². The second-order valence-corrected chi connectivity index (χ2v) is 9.77. The van der Waals surface area contributed by atoms with E-state index in [9.17, 15) is 14.4 Å². The monoisotopic (exact) mass is 537 g/mol. The van der Waals surface area contributed by atoms with Gasteiger partial charge in [0.1, 0.15) is 56.8 Å². The third-order valence-corrected chi connectivity index (χ3v) is 6.93. The summed E-state index contributed by atoms with van der Waals surface area (Å²) in [4.78, 5) is 33.4. The SMILES string of the molecule is Cc1c(C[n+]2ccn(CC(=O)O)c2)c(C)c(C[n+]2ccn(CC(=O)O)c2)c(C)c1C[n+]1ccn(CC(=O)O)c1. The zero-order valence-electron chi connectivity index (χ0n) is 22.2. The molecule has 12 heteroatoms. The van der Waals surface area contributed by atoms with Crippen LogP contribution in [0.5, 0.6) is 0 Å². The first-order valence-corrected chi connectivity index (χ1v) is 12.4. The Bertz CT molecular complexity index is 1340. The van der Waals surface area contributed by atoms with Crippen LogP contribution in [0, 0.1) is 20.8 Å². The lowest BCUT2D eigenvalue weighted by molar-refractivity contribution is -0.690. The number of hydrogen-bond donors (Lipinski definition) is 3. The van der Waals surface area contributed by atoms with Crippen molar-refractivity contribution in [3.63, 3.8) is 0 Å². The van der Waals surface area contributed by atoms with E-state index in [2.05, 4.69) is 20.8 Å². The quantitative estimate of drug-likeness (QED) is 0.222. The molecule has 0 amide bonds. The summed E-state index contributed by atoms with van der Waals surface area (Å²) in [5, 5.41) is 27.4. The Balaban J connectivity index is 1.74. The van der Waals surface area contributed by atoms with Crippen LogP contribution >= 0.6 is 0 Å². The molecule has 0 radical (unpaired) electrons. The highest BCUT2D eigenvalue weighted by Crippen LogP contribution is 2.27. The molecule has 0 bridgehead atoms. The predicted octanol–water partition coefficient (Wildman–Crippen LogP) is 0.278. The normalized spacial score (nSPS) is 11.2. The topological polar surface area (TPSA) is 138 Å². The minimum Gasteiger partial charge on any atom is -0.478 e. The standard InChI is InChI=1S/C27H30N6O6/c1-19-22(10-28-4-7-31(16-28)13-25(34)35)20(2)24(12-30-6-9-33(18-30)15-27(38)39)21(3)23(19)11-29-5-8-32(17-29)14-26(36)37/h4-9,16-18H,10-15H2,1-3H3/p+3. The number of hydrogen-bond acceptors (Lipinski definition) is 3. The molecule has 0 spiro atoms. The van der Waals surface area contributed by atoms with E-state index in [0.29, 0.717) is 19.6 Å². The fourth-order valence-corrected chi connectivity index (χ4v) is 5.00. The summed E-state index contributed by atoms with van der Waals surface area (Å²) in [7, 11) is 0. The fraction of sp³-hybridized carbons (Fsp3) is 0.333. The van der Waals surface area contributed by atoms with Gasteiger partial charge in [-0.3, -0.25) is 0 Å². The molecule has 0 aliphatic heterocycles. The number of carbonyl (C=O) groups is 3. The highest BCUT2D eigenvalue weighted by Gasteiger charge is 2.23. The Hall–Kier alpha value is -4.74. The average Bonchev–Trinajstić information content (AvgIpc) is 3.58. The molecule has 0 fully saturated rings. The van der Waals surface area contributed by atoms with Gasteiger partial charge in [-0.1, -0.05) is 0 Å². The molecule has 0 saturated heterocycles. The van der Waals surface area contributed by atoms with Gasteiger partial charge in [0.2, 0.25) is 19.0 Å². The van der Waals surface area contributed by atoms with E-state index >= 15 is 0 Å².